The molecular formula is C12H11N3S. The molecule has 0 radical (unpaired) electrons. The standard InChI is InChI=1S/C12H11N3S/c13-11(16)10(9-5-2-1-3-6-9)12-14-7-4-8-15-12/h1-8,10H,(H2,13,16). The van der Waals surface area contributed by atoms with E-state index < -0.39 is 0 Å². The van der Waals surface area contributed by atoms with Crippen LogP contribution in [-0.4, -0.2) is 15.0 Å². The number of aromatic nitrogens is 2. The minimum absolute atomic E-state index is 0.211. The maximum atomic E-state index is 5.75. The lowest BCUT2D eigenvalue weighted by Gasteiger charge is -2.13. The minimum Gasteiger partial charge on any atom is -0.392 e. The normalized spacial score (nSPS) is 12.0. The molecule has 1 aromatic heterocycles. The lowest BCUT2D eigenvalue weighted by Crippen LogP contribution is -2.22. The van der Waals surface area contributed by atoms with Crippen LogP contribution >= 0.6 is 12.2 Å². The van der Waals surface area contributed by atoms with Gasteiger partial charge in [0.15, 0.2) is 0 Å². The highest BCUT2D eigenvalue weighted by molar-refractivity contribution is 7.80. The molecule has 2 aromatic rings. The summed E-state index contributed by atoms with van der Waals surface area (Å²) < 4.78 is 0. The molecule has 0 aliphatic heterocycles. The Labute approximate surface area is 99.4 Å². The molecule has 0 fully saturated rings. The van der Waals surface area contributed by atoms with E-state index in [0.717, 1.165) is 5.56 Å². The van der Waals surface area contributed by atoms with Crippen molar-refractivity contribution in [2.45, 2.75) is 5.92 Å². The fourth-order valence-corrected chi connectivity index (χ4v) is 1.79. The van der Waals surface area contributed by atoms with E-state index in [1.54, 1.807) is 18.5 Å². The summed E-state index contributed by atoms with van der Waals surface area (Å²) in [6.07, 6.45) is 3.38. The maximum Gasteiger partial charge on any atom is 0.142 e. The van der Waals surface area contributed by atoms with E-state index in [1.165, 1.54) is 0 Å². The molecule has 1 unspecified atom stereocenters. The van der Waals surface area contributed by atoms with Gasteiger partial charge in [-0.2, -0.15) is 0 Å². The van der Waals surface area contributed by atoms with Crippen LogP contribution in [0, 0.1) is 0 Å². The molecule has 0 aliphatic carbocycles. The summed E-state index contributed by atoms with van der Waals surface area (Å²) in [5.74, 6) is 0.429. The van der Waals surface area contributed by atoms with E-state index in [-0.39, 0.29) is 5.92 Å². The number of benzene rings is 1. The zero-order chi connectivity index (χ0) is 11.4. The first-order chi connectivity index (χ1) is 7.79. The van der Waals surface area contributed by atoms with E-state index >= 15 is 0 Å². The lowest BCUT2D eigenvalue weighted by molar-refractivity contribution is 0.914. The van der Waals surface area contributed by atoms with Gasteiger partial charge in [0.1, 0.15) is 5.82 Å². The second kappa shape index (κ2) is 4.81. The van der Waals surface area contributed by atoms with Gasteiger partial charge in [-0.3, -0.25) is 0 Å². The molecule has 0 saturated heterocycles. The van der Waals surface area contributed by atoms with Crippen LogP contribution in [0.1, 0.15) is 17.3 Å². The Kier molecular flexibility index (Phi) is 3.22. The summed E-state index contributed by atoms with van der Waals surface area (Å²) >= 11 is 5.08. The van der Waals surface area contributed by atoms with Gasteiger partial charge in [-0.15, -0.1) is 0 Å². The maximum absolute atomic E-state index is 5.75. The van der Waals surface area contributed by atoms with E-state index in [2.05, 4.69) is 9.97 Å². The highest BCUT2D eigenvalue weighted by Crippen LogP contribution is 2.21. The fourth-order valence-electron chi connectivity index (χ4n) is 1.55. The van der Waals surface area contributed by atoms with Crippen LogP contribution in [0.15, 0.2) is 48.8 Å². The number of hydrogen-bond donors (Lipinski definition) is 1. The number of nitrogens with zero attached hydrogens (tertiary/aromatic N) is 2. The zero-order valence-electron chi connectivity index (χ0n) is 8.58. The lowest BCUT2D eigenvalue weighted by atomic mass is 9.98. The van der Waals surface area contributed by atoms with Gasteiger partial charge >= 0.3 is 0 Å². The molecule has 1 aromatic carbocycles. The predicted octanol–water partition coefficient (Wildman–Crippen LogP) is 1.89. The van der Waals surface area contributed by atoms with Crippen molar-refractivity contribution < 1.29 is 0 Å². The monoisotopic (exact) mass is 229 g/mol. The first kappa shape index (κ1) is 10.7. The molecule has 0 amide bonds. The molecule has 80 valence electrons. The van der Waals surface area contributed by atoms with Crippen LogP contribution in [0.4, 0.5) is 0 Å². The molecular weight excluding hydrogens is 218 g/mol. The molecule has 0 bridgehead atoms. The zero-order valence-corrected chi connectivity index (χ0v) is 9.39. The topological polar surface area (TPSA) is 51.8 Å². The summed E-state index contributed by atoms with van der Waals surface area (Å²) in [4.78, 5) is 8.78. The third-order valence-electron chi connectivity index (χ3n) is 2.26. The average molecular weight is 229 g/mol. The van der Waals surface area contributed by atoms with Crippen molar-refractivity contribution in [2.24, 2.45) is 5.73 Å². The Hall–Kier alpha value is -1.81. The van der Waals surface area contributed by atoms with Crippen LogP contribution in [0.2, 0.25) is 0 Å². The molecule has 0 aliphatic rings. The number of rotatable bonds is 3. The SMILES string of the molecule is NC(=S)C(c1ccccc1)c1ncccn1. The largest absolute Gasteiger partial charge is 0.392 e. The van der Waals surface area contributed by atoms with Crippen LogP contribution in [0.3, 0.4) is 0 Å². The van der Waals surface area contributed by atoms with E-state index in [1.807, 2.05) is 30.3 Å². The summed E-state index contributed by atoms with van der Waals surface area (Å²) in [5, 5.41) is 0. The first-order valence-corrected chi connectivity index (χ1v) is 5.31. The van der Waals surface area contributed by atoms with Gasteiger partial charge in [0.2, 0.25) is 0 Å². The Morgan fingerprint density at radius 3 is 2.25 bits per heavy atom. The van der Waals surface area contributed by atoms with Crippen LogP contribution in [0.25, 0.3) is 0 Å². The van der Waals surface area contributed by atoms with Gasteiger partial charge in [-0.1, -0.05) is 42.5 Å². The third-order valence-corrected chi connectivity index (χ3v) is 2.50. The average Bonchev–Trinajstić information content (AvgIpc) is 2.31. The number of hydrogen-bond acceptors (Lipinski definition) is 3. The van der Waals surface area contributed by atoms with Crippen molar-refractivity contribution in [1.82, 2.24) is 9.97 Å². The van der Waals surface area contributed by atoms with E-state index in [9.17, 15) is 0 Å². The Morgan fingerprint density at radius 1 is 1.06 bits per heavy atom. The van der Waals surface area contributed by atoms with Gasteiger partial charge in [-0.25, -0.2) is 9.97 Å². The first-order valence-electron chi connectivity index (χ1n) is 4.90. The van der Waals surface area contributed by atoms with Gasteiger partial charge in [0.05, 0.1) is 10.9 Å². The molecule has 16 heavy (non-hydrogen) atoms. The highest BCUT2D eigenvalue weighted by atomic mass is 32.1. The van der Waals surface area contributed by atoms with E-state index in [0.29, 0.717) is 10.8 Å². The fraction of sp³-hybridized carbons (Fsp3) is 0.0833. The molecule has 4 heteroatoms. The molecule has 2 N–H and O–H groups in total. The summed E-state index contributed by atoms with van der Waals surface area (Å²) in [5.41, 5.74) is 6.77. The molecule has 3 nitrogen and oxygen atoms in total. The molecule has 0 spiro atoms. The van der Waals surface area contributed by atoms with Crippen molar-refractivity contribution in [3.63, 3.8) is 0 Å². The highest BCUT2D eigenvalue weighted by Gasteiger charge is 2.19. The Bertz CT molecular complexity index is 431. The van der Waals surface area contributed by atoms with Crippen LogP contribution < -0.4 is 5.73 Å². The van der Waals surface area contributed by atoms with Gasteiger partial charge in [0, 0.05) is 12.4 Å². The summed E-state index contributed by atoms with van der Waals surface area (Å²) in [6, 6.07) is 11.6. The number of thiocarbonyl (C=S) groups is 1. The van der Waals surface area contributed by atoms with Gasteiger partial charge in [-0.05, 0) is 11.6 Å². The summed E-state index contributed by atoms with van der Waals surface area (Å²) in [6.45, 7) is 0. The smallest absolute Gasteiger partial charge is 0.142 e. The van der Waals surface area contributed by atoms with Crippen molar-refractivity contribution in [3.8, 4) is 0 Å². The van der Waals surface area contributed by atoms with Crippen molar-refractivity contribution in [2.75, 3.05) is 0 Å². The van der Waals surface area contributed by atoms with Crippen LogP contribution in [0.5, 0.6) is 0 Å². The quantitative estimate of drug-likeness (QED) is 0.817. The van der Waals surface area contributed by atoms with Gasteiger partial charge in [0.25, 0.3) is 0 Å². The second-order valence-electron chi connectivity index (χ2n) is 3.35. The molecule has 1 atom stereocenters. The van der Waals surface area contributed by atoms with Gasteiger partial charge < -0.3 is 5.73 Å². The Balaban J connectivity index is 2.44. The molecule has 2 rings (SSSR count). The third kappa shape index (κ3) is 2.23. The predicted molar refractivity (Wildman–Crippen MR) is 67.1 cm³/mol. The van der Waals surface area contributed by atoms with Crippen LogP contribution in [-0.2, 0) is 0 Å². The minimum atomic E-state index is -0.211. The van der Waals surface area contributed by atoms with Crippen molar-refractivity contribution in [1.29, 1.82) is 0 Å². The number of nitrogens with two attached hydrogens (primary N) is 1. The Morgan fingerprint density at radius 2 is 1.69 bits per heavy atom. The van der Waals surface area contributed by atoms with E-state index in [4.69, 9.17) is 18.0 Å². The summed E-state index contributed by atoms with van der Waals surface area (Å²) in [7, 11) is 0. The molecule has 1 heterocycles. The second-order valence-corrected chi connectivity index (χ2v) is 3.82. The molecule has 0 saturated carbocycles. The van der Waals surface area contributed by atoms with Crippen molar-refractivity contribution in [3.05, 3.63) is 60.2 Å². The van der Waals surface area contributed by atoms with Crippen molar-refractivity contribution >= 4 is 17.2 Å².